The number of hydrogen-bond donors (Lipinski definition) is 2. The molecule has 0 atom stereocenters. The lowest BCUT2D eigenvalue weighted by Crippen LogP contribution is -2.27. The van der Waals surface area contributed by atoms with Crippen molar-refractivity contribution in [2.45, 2.75) is 33.3 Å². The zero-order valence-corrected chi connectivity index (χ0v) is 24.6. The predicted molar refractivity (Wildman–Crippen MR) is 159 cm³/mol. The van der Waals surface area contributed by atoms with Crippen LogP contribution in [0.15, 0.2) is 63.8 Å². The maximum absolute atomic E-state index is 13.1. The Labute approximate surface area is 251 Å². The number of benzene rings is 3. The van der Waals surface area contributed by atoms with Gasteiger partial charge in [-0.25, -0.2) is 14.4 Å². The number of carboxylic acids is 1. The van der Waals surface area contributed by atoms with Gasteiger partial charge >= 0.3 is 17.9 Å². The molecule has 2 aromatic rings. The lowest BCUT2D eigenvalue weighted by Gasteiger charge is -2.20. The second-order valence-electron chi connectivity index (χ2n) is 10.6. The Morgan fingerprint density at radius 3 is 2.39 bits per heavy atom. The number of rotatable bonds is 11. The third kappa shape index (κ3) is 7.98. The maximum atomic E-state index is 13.1. The summed E-state index contributed by atoms with van der Waals surface area (Å²) in [6, 6.07) is 13.6. The monoisotopic (exact) mass is 605 g/mol. The summed E-state index contributed by atoms with van der Waals surface area (Å²) in [7, 11) is 0. The van der Waals surface area contributed by atoms with Crippen LogP contribution in [0.2, 0.25) is 0 Å². The Bertz CT molecular complexity index is 1750. The molecule has 1 aliphatic heterocycles. The fraction of sp³-hybridized carbons (Fsp3) is 0.281. The number of esters is 2. The first-order chi connectivity index (χ1) is 20.8. The molecule has 2 N–H and O–H groups in total. The van der Waals surface area contributed by atoms with Crippen LogP contribution >= 0.6 is 0 Å². The molecule has 2 aliphatic rings. The van der Waals surface area contributed by atoms with Crippen LogP contribution in [0.5, 0.6) is 5.75 Å². The molecule has 2 aromatic carbocycles. The van der Waals surface area contributed by atoms with E-state index in [2.05, 4.69) is 5.32 Å². The zero-order chi connectivity index (χ0) is 32.0. The molecular weight excluding hydrogens is 574 g/mol. The lowest BCUT2D eigenvalue weighted by atomic mass is 9.90. The van der Waals surface area contributed by atoms with Crippen molar-refractivity contribution >= 4 is 40.5 Å². The van der Waals surface area contributed by atoms with Crippen LogP contribution in [-0.4, -0.2) is 61.0 Å². The standard InChI is InChI=1S/C32H31NO11/c1-5-41-31(39)21-9-6-18(33-27(35)15-40-16-28(36)37)12-24(21)30-22-10-7-19(34)13-25(22)43-26-14-20(8-11-23(26)30)42-17-29(38)44-32(2,3)4/h6-14H,5,15-17H2,1-4H3,(H,33,35)(H,36,37). The van der Waals surface area contributed by atoms with Gasteiger partial charge in [0.05, 0.1) is 12.2 Å². The number of nitrogens with one attached hydrogen (secondary N) is 1. The van der Waals surface area contributed by atoms with Crippen molar-refractivity contribution < 1.29 is 47.6 Å². The maximum Gasteiger partial charge on any atom is 0.344 e. The van der Waals surface area contributed by atoms with Crippen molar-refractivity contribution in [1.29, 1.82) is 0 Å². The smallest absolute Gasteiger partial charge is 0.344 e. The minimum atomic E-state index is -1.22. The summed E-state index contributed by atoms with van der Waals surface area (Å²) in [5.41, 5.74) is 1.12. The molecule has 0 saturated carbocycles. The molecule has 0 aromatic heterocycles. The third-order valence-electron chi connectivity index (χ3n) is 5.97. The first-order valence-corrected chi connectivity index (χ1v) is 13.6. The number of carboxylic acid groups (broad SMARTS) is 1. The topological polar surface area (TPSA) is 168 Å². The Kier molecular flexibility index (Phi) is 9.64. The van der Waals surface area contributed by atoms with Crippen LogP contribution in [-0.2, 0) is 28.6 Å². The summed E-state index contributed by atoms with van der Waals surface area (Å²) in [6.45, 7) is 5.52. The highest BCUT2D eigenvalue weighted by Crippen LogP contribution is 2.43. The first kappa shape index (κ1) is 31.7. The molecule has 0 saturated heterocycles. The highest BCUT2D eigenvalue weighted by atomic mass is 16.6. The predicted octanol–water partition coefficient (Wildman–Crippen LogP) is 4.50. The van der Waals surface area contributed by atoms with E-state index in [1.165, 1.54) is 24.3 Å². The van der Waals surface area contributed by atoms with E-state index in [-0.39, 0.29) is 41.2 Å². The Balaban J connectivity index is 1.83. The summed E-state index contributed by atoms with van der Waals surface area (Å²) in [5, 5.41) is 11.9. The van der Waals surface area contributed by atoms with Gasteiger partial charge in [-0.15, -0.1) is 0 Å². The summed E-state index contributed by atoms with van der Waals surface area (Å²) < 4.78 is 27.2. The van der Waals surface area contributed by atoms with Gasteiger partial charge in [0.2, 0.25) is 5.91 Å². The van der Waals surface area contributed by atoms with E-state index < -0.39 is 42.6 Å². The van der Waals surface area contributed by atoms with Crippen molar-refractivity contribution in [3.8, 4) is 28.2 Å². The van der Waals surface area contributed by atoms with Crippen molar-refractivity contribution in [3.05, 3.63) is 70.4 Å². The van der Waals surface area contributed by atoms with Crippen LogP contribution in [0.1, 0.15) is 38.1 Å². The molecule has 1 aliphatic carbocycles. The Morgan fingerprint density at radius 1 is 0.909 bits per heavy atom. The average molecular weight is 606 g/mol. The fourth-order valence-corrected chi connectivity index (χ4v) is 4.39. The number of carbonyl (C=O) groups excluding carboxylic acids is 3. The van der Waals surface area contributed by atoms with Crippen LogP contribution in [0.3, 0.4) is 0 Å². The largest absolute Gasteiger partial charge is 0.482 e. The van der Waals surface area contributed by atoms with Gasteiger partial charge in [0, 0.05) is 34.3 Å². The number of ether oxygens (including phenoxy) is 4. The highest BCUT2D eigenvalue weighted by Gasteiger charge is 2.24. The number of amides is 1. The van der Waals surface area contributed by atoms with Crippen molar-refractivity contribution in [2.24, 2.45) is 0 Å². The number of anilines is 1. The van der Waals surface area contributed by atoms with Gasteiger partial charge in [0.15, 0.2) is 12.0 Å². The second-order valence-corrected chi connectivity index (χ2v) is 10.6. The minimum absolute atomic E-state index is 0.112. The fourth-order valence-electron chi connectivity index (χ4n) is 4.39. The van der Waals surface area contributed by atoms with Crippen LogP contribution in [0.25, 0.3) is 33.4 Å². The van der Waals surface area contributed by atoms with Crippen LogP contribution in [0.4, 0.5) is 5.69 Å². The minimum Gasteiger partial charge on any atom is -0.482 e. The van der Waals surface area contributed by atoms with Gasteiger partial charge in [0.1, 0.15) is 35.9 Å². The molecule has 0 fully saturated rings. The summed E-state index contributed by atoms with van der Waals surface area (Å²) in [4.78, 5) is 60.7. The zero-order valence-electron chi connectivity index (χ0n) is 24.6. The van der Waals surface area contributed by atoms with Gasteiger partial charge < -0.3 is 33.8 Å². The molecule has 1 amide bonds. The van der Waals surface area contributed by atoms with E-state index >= 15 is 0 Å². The molecular formula is C32H31NO11. The average Bonchev–Trinajstić information content (AvgIpc) is 2.93. The molecule has 12 nitrogen and oxygen atoms in total. The van der Waals surface area contributed by atoms with E-state index in [4.69, 9.17) is 28.5 Å². The number of aliphatic carboxylic acids is 1. The molecule has 1 heterocycles. The second kappa shape index (κ2) is 13.4. The SMILES string of the molecule is CCOC(=O)c1ccc(NC(=O)COCC(=O)O)cc1-c1c2ccc(=O)cc-2oc2cc(OCC(=O)OC(C)(C)C)ccc12. The van der Waals surface area contributed by atoms with Gasteiger partial charge in [-0.3, -0.25) is 9.59 Å². The van der Waals surface area contributed by atoms with Crippen molar-refractivity contribution in [2.75, 3.05) is 31.7 Å². The van der Waals surface area contributed by atoms with E-state index in [0.29, 0.717) is 27.8 Å². The number of carbonyl (C=O) groups is 4. The van der Waals surface area contributed by atoms with Crippen LogP contribution < -0.4 is 15.5 Å². The normalized spacial score (nSPS) is 11.3. The number of fused-ring (bicyclic) bond motifs is 2. The van der Waals surface area contributed by atoms with Gasteiger partial charge in [-0.05, 0) is 75.7 Å². The molecule has 12 heteroatoms. The van der Waals surface area contributed by atoms with Gasteiger partial charge in [-0.2, -0.15) is 0 Å². The third-order valence-corrected chi connectivity index (χ3v) is 5.97. The number of hydrogen-bond acceptors (Lipinski definition) is 10. The molecule has 0 bridgehead atoms. The lowest BCUT2D eigenvalue weighted by molar-refractivity contribution is -0.157. The van der Waals surface area contributed by atoms with E-state index in [0.717, 1.165) is 0 Å². The molecule has 0 unspecified atom stereocenters. The molecule has 4 rings (SSSR count). The van der Waals surface area contributed by atoms with E-state index in [1.54, 1.807) is 58.0 Å². The molecule has 0 spiro atoms. The van der Waals surface area contributed by atoms with Gasteiger partial charge in [-0.1, -0.05) is 0 Å². The Hall–Kier alpha value is -5.23. The molecule has 44 heavy (non-hydrogen) atoms. The van der Waals surface area contributed by atoms with E-state index in [9.17, 15) is 24.0 Å². The van der Waals surface area contributed by atoms with Crippen molar-refractivity contribution in [1.82, 2.24) is 0 Å². The summed E-state index contributed by atoms with van der Waals surface area (Å²) in [6.07, 6.45) is 0. The highest BCUT2D eigenvalue weighted by molar-refractivity contribution is 6.09. The molecule has 230 valence electrons. The quantitative estimate of drug-likeness (QED) is 0.182. The van der Waals surface area contributed by atoms with Crippen molar-refractivity contribution in [3.63, 3.8) is 0 Å². The van der Waals surface area contributed by atoms with E-state index in [1.807, 2.05) is 0 Å². The van der Waals surface area contributed by atoms with Gasteiger partial charge in [0.25, 0.3) is 0 Å². The first-order valence-electron chi connectivity index (χ1n) is 13.6. The Morgan fingerprint density at radius 2 is 1.68 bits per heavy atom. The summed E-state index contributed by atoms with van der Waals surface area (Å²) in [5.74, 6) is -2.49. The van der Waals surface area contributed by atoms with Crippen LogP contribution in [0, 0.1) is 0 Å². The molecule has 0 radical (unpaired) electrons. The summed E-state index contributed by atoms with van der Waals surface area (Å²) >= 11 is 0.